The van der Waals surface area contributed by atoms with Gasteiger partial charge in [0, 0.05) is 48.1 Å². The number of rotatable bonds is 5. The summed E-state index contributed by atoms with van der Waals surface area (Å²) in [5.41, 5.74) is 5.58. The Kier molecular flexibility index (Phi) is 3.22. The van der Waals surface area contributed by atoms with Crippen molar-refractivity contribution < 1.29 is 0 Å². The predicted octanol–water partition coefficient (Wildman–Crippen LogP) is 4.42. The van der Waals surface area contributed by atoms with Crippen LogP contribution in [0.5, 0.6) is 0 Å². The Bertz CT molecular complexity index is 1160. The highest BCUT2D eigenvalue weighted by Crippen LogP contribution is 2.34. The summed E-state index contributed by atoms with van der Waals surface area (Å²) >= 11 is 0. The van der Waals surface area contributed by atoms with Crippen LogP contribution in [-0.4, -0.2) is 24.1 Å². The van der Waals surface area contributed by atoms with Gasteiger partial charge >= 0.3 is 0 Å². The van der Waals surface area contributed by atoms with Gasteiger partial charge in [-0.3, -0.25) is 4.40 Å². The van der Waals surface area contributed by atoms with Crippen molar-refractivity contribution in [1.82, 2.24) is 24.1 Å². The highest BCUT2D eigenvalue weighted by Gasteiger charge is 2.25. The molecule has 4 aromatic heterocycles. The van der Waals surface area contributed by atoms with Gasteiger partial charge in [0.25, 0.3) is 0 Å². The first-order valence-corrected chi connectivity index (χ1v) is 10.0. The van der Waals surface area contributed by atoms with Gasteiger partial charge in [0.15, 0.2) is 5.65 Å². The number of pyridine rings is 2. The zero-order valence-electron chi connectivity index (χ0n) is 15.6. The van der Waals surface area contributed by atoms with E-state index in [1.807, 2.05) is 6.20 Å². The maximum Gasteiger partial charge on any atom is 0.164 e. The van der Waals surface area contributed by atoms with Crippen LogP contribution >= 0.6 is 0 Å². The van der Waals surface area contributed by atoms with Gasteiger partial charge in [-0.1, -0.05) is 0 Å². The molecule has 2 fully saturated rings. The third-order valence-corrected chi connectivity index (χ3v) is 6.13. The van der Waals surface area contributed by atoms with Crippen molar-refractivity contribution >= 4 is 16.7 Å². The predicted molar refractivity (Wildman–Crippen MR) is 106 cm³/mol. The maximum atomic E-state index is 4.79. The Morgan fingerprint density at radius 2 is 1.85 bits per heavy atom. The first-order chi connectivity index (χ1) is 13.3. The smallest absolute Gasteiger partial charge is 0.164 e. The molecule has 0 saturated heterocycles. The molecule has 4 aromatic rings. The molecule has 0 bridgehead atoms. The maximum absolute atomic E-state index is 4.79. The lowest BCUT2D eigenvalue weighted by Gasteiger charge is -2.09. The Morgan fingerprint density at radius 1 is 1.00 bits per heavy atom. The lowest BCUT2D eigenvalue weighted by Crippen LogP contribution is -1.99. The average Bonchev–Trinajstić information content (AvgIpc) is 3.58. The van der Waals surface area contributed by atoms with Gasteiger partial charge in [-0.2, -0.15) is 0 Å². The average molecular weight is 357 g/mol. The molecule has 4 heterocycles. The van der Waals surface area contributed by atoms with E-state index in [9.17, 15) is 0 Å². The molecular weight excluding hydrogens is 334 g/mol. The molecule has 2 saturated carbocycles. The molecule has 0 atom stereocenters. The Balaban J connectivity index is 1.40. The molecule has 5 heteroatoms. The van der Waals surface area contributed by atoms with Crippen molar-refractivity contribution in [2.24, 2.45) is 11.8 Å². The molecule has 0 N–H and O–H groups in total. The van der Waals surface area contributed by atoms with E-state index in [2.05, 4.69) is 56.7 Å². The summed E-state index contributed by atoms with van der Waals surface area (Å²) in [7, 11) is 0. The van der Waals surface area contributed by atoms with Crippen LogP contribution in [0, 0.1) is 18.8 Å². The number of aryl methyl sites for hydroxylation is 1. The summed E-state index contributed by atoms with van der Waals surface area (Å²) < 4.78 is 4.46. The van der Waals surface area contributed by atoms with E-state index in [-0.39, 0.29) is 0 Å². The van der Waals surface area contributed by atoms with E-state index < -0.39 is 0 Å². The lowest BCUT2D eigenvalue weighted by molar-refractivity contribution is 0.643. The van der Waals surface area contributed by atoms with Gasteiger partial charge in [0.2, 0.25) is 0 Å². The fourth-order valence-electron chi connectivity index (χ4n) is 4.11. The molecular formula is C22H23N5. The van der Waals surface area contributed by atoms with Gasteiger partial charge in [0.1, 0.15) is 11.5 Å². The number of hydrogen-bond acceptors (Lipinski definition) is 3. The van der Waals surface area contributed by atoms with Crippen molar-refractivity contribution in [2.45, 2.75) is 45.6 Å². The summed E-state index contributed by atoms with van der Waals surface area (Å²) in [5, 5.41) is 10.1. The molecule has 2 aliphatic rings. The van der Waals surface area contributed by atoms with Crippen molar-refractivity contribution in [2.75, 3.05) is 0 Å². The third kappa shape index (κ3) is 2.64. The van der Waals surface area contributed by atoms with E-state index in [0.29, 0.717) is 0 Å². The fraction of sp³-hybridized carbons (Fsp3) is 0.409. The molecule has 27 heavy (non-hydrogen) atoms. The topological polar surface area (TPSA) is 48.0 Å². The number of aromatic nitrogens is 5. The molecule has 6 rings (SSSR count). The standard InChI is InChI=1S/C22H23N5/c1-14-19(7-9-27-20(10-15-2-3-15)24-25-21(14)27)18-11-17-6-8-26(13-16-4-5-16)22(17)23-12-18/h6-9,11-12,15-16H,2-5,10,13H2,1H3. The lowest BCUT2D eigenvalue weighted by atomic mass is 10.0. The van der Waals surface area contributed by atoms with E-state index in [1.54, 1.807) is 0 Å². The highest BCUT2D eigenvalue weighted by molar-refractivity contribution is 5.83. The quantitative estimate of drug-likeness (QED) is 0.531. The van der Waals surface area contributed by atoms with Crippen LogP contribution in [0.15, 0.2) is 36.8 Å². The number of nitrogens with zero attached hydrogens (tertiary/aromatic N) is 5. The molecule has 0 radical (unpaired) electrons. The minimum Gasteiger partial charge on any atom is -0.332 e. The largest absolute Gasteiger partial charge is 0.332 e. The molecule has 0 spiro atoms. The Morgan fingerprint density at radius 3 is 2.67 bits per heavy atom. The van der Waals surface area contributed by atoms with E-state index in [4.69, 9.17) is 4.98 Å². The summed E-state index contributed by atoms with van der Waals surface area (Å²) in [6.45, 7) is 3.24. The van der Waals surface area contributed by atoms with Crippen LogP contribution in [0.4, 0.5) is 0 Å². The second-order valence-electron chi connectivity index (χ2n) is 8.36. The second-order valence-corrected chi connectivity index (χ2v) is 8.36. The van der Waals surface area contributed by atoms with Crippen molar-refractivity contribution in [1.29, 1.82) is 0 Å². The monoisotopic (exact) mass is 357 g/mol. The summed E-state index contributed by atoms with van der Waals surface area (Å²) in [5.74, 6) is 2.75. The first kappa shape index (κ1) is 15.4. The third-order valence-electron chi connectivity index (χ3n) is 6.13. The zero-order valence-corrected chi connectivity index (χ0v) is 15.6. The Labute approximate surface area is 158 Å². The van der Waals surface area contributed by atoms with Crippen LogP contribution in [-0.2, 0) is 13.0 Å². The van der Waals surface area contributed by atoms with Crippen molar-refractivity contribution in [3.05, 3.63) is 48.2 Å². The van der Waals surface area contributed by atoms with Crippen LogP contribution in [0.2, 0.25) is 0 Å². The molecule has 0 aromatic carbocycles. The SMILES string of the molecule is Cc1c(-c2cnc3c(ccn3CC3CC3)c2)ccn2c(CC3CC3)nnc12. The van der Waals surface area contributed by atoms with Gasteiger partial charge in [-0.05, 0) is 68.2 Å². The van der Waals surface area contributed by atoms with Crippen LogP contribution in [0.25, 0.3) is 27.8 Å². The summed E-state index contributed by atoms with van der Waals surface area (Å²) in [4.78, 5) is 4.79. The van der Waals surface area contributed by atoms with Crippen LogP contribution < -0.4 is 0 Å². The second kappa shape index (κ2) is 5.65. The van der Waals surface area contributed by atoms with E-state index >= 15 is 0 Å². The van der Waals surface area contributed by atoms with Gasteiger partial charge in [-0.25, -0.2) is 4.98 Å². The van der Waals surface area contributed by atoms with Gasteiger partial charge in [-0.15, -0.1) is 10.2 Å². The van der Waals surface area contributed by atoms with Crippen LogP contribution in [0.3, 0.4) is 0 Å². The molecule has 2 aliphatic carbocycles. The van der Waals surface area contributed by atoms with Gasteiger partial charge in [0.05, 0.1) is 0 Å². The minimum atomic E-state index is 0.809. The number of hydrogen-bond donors (Lipinski definition) is 0. The summed E-state index contributed by atoms with van der Waals surface area (Å²) in [6, 6.07) is 6.63. The molecule has 136 valence electrons. The van der Waals surface area contributed by atoms with Crippen LogP contribution in [0.1, 0.15) is 37.1 Å². The van der Waals surface area contributed by atoms with Gasteiger partial charge < -0.3 is 4.57 Å². The number of fused-ring (bicyclic) bond motifs is 2. The fourth-order valence-corrected chi connectivity index (χ4v) is 4.11. The molecule has 5 nitrogen and oxygen atoms in total. The van der Waals surface area contributed by atoms with Crippen molar-refractivity contribution in [3.8, 4) is 11.1 Å². The van der Waals surface area contributed by atoms with E-state index in [1.165, 1.54) is 42.2 Å². The normalized spacial score (nSPS) is 17.2. The Hall–Kier alpha value is -2.69. The molecule has 0 unspecified atom stereocenters. The molecule has 0 aliphatic heterocycles. The summed E-state index contributed by atoms with van der Waals surface area (Å²) in [6.07, 6.45) is 12.7. The molecule has 0 amide bonds. The van der Waals surface area contributed by atoms with E-state index in [0.717, 1.165) is 47.5 Å². The highest BCUT2D eigenvalue weighted by atomic mass is 15.2. The van der Waals surface area contributed by atoms with Crippen molar-refractivity contribution in [3.63, 3.8) is 0 Å². The first-order valence-electron chi connectivity index (χ1n) is 10.0. The minimum absolute atomic E-state index is 0.809. The zero-order chi connectivity index (χ0) is 18.0.